The van der Waals surface area contributed by atoms with Gasteiger partial charge in [0.2, 0.25) is 0 Å². The molecule has 0 spiro atoms. The van der Waals surface area contributed by atoms with E-state index in [1.807, 2.05) is 0 Å². The Bertz CT molecular complexity index is 331. The van der Waals surface area contributed by atoms with Crippen molar-refractivity contribution in [3.8, 4) is 0 Å². The Morgan fingerprint density at radius 2 is 2.38 bits per heavy atom. The van der Waals surface area contributed by atoms with Gasteiger partial charge in [-0.3, -0.25) is 0 Å². The molecule has 0 aromatic carbocycles. The predicted octanol–water partition coefficient (Wildman–Crippen LogP) is 2.06. The molecule has 0 bridgehead atoms. The van der Waals surface area contributed by atoms with Crippen LogP contribution in [-0.2, 0) is 4.74 Å². The largest absolute Gasteiger partial charge is 0.385 e. The molecule has 0 fully saturated rings. The van der Waals surface area contributed by atoms with Crippen LogP contribution in [0, 0.1) is 0 Å². The van der Waals surface area contributed by atoms with Crippen LogP contribution in [0.15, 0.2) is 18.3 Å². The highest BCUT2D eigenvalue weighted by atomic mass is 35.5. The van der Waals surface area contributed by atoms with E-state index >= 15 is 0 Å². The summed E-state index contributed by atoms with van der Waals surface area (Å²) < 4.78 is 4.92. The lowest BCUT2D eigenvalue weighted by Gasteiger charge is -2.09. The number of rotatable bonds is 5. The van der Waals surface area contributed by atoms with E-state index in [-0.39, 0.29) is 0 Å². The molecule has 1 aromatic rings. The first-order valence-corrected chi connectivity index (χ1v) is 5.66. The molecule has 1 rings (SSSR count). The summed E-state index contributed by atoms with van der Waals surface area (Å²) in [7, 11) is 1.67. The van der Waals surface area contributed by atoms with Gasteiger partial charge in [0.15, 0.2) is 5.11 Å². The highest BCUT2D eigenvalue weighted by Gasteiger charge is 1.97. The molecule has 0 atom stereocenters. The number of nitrogens with zero attached hydrogens (tertiary/aromatic N) is 1. The predicted molar refractivity (Wildman–Crippen MR) is 70.0 cm³/mol. The van der Waals surface area contributed by atoms with Crippen LogP contribution in [0.2, 0.25) is 5.02 Å². The number of aromatic nitrogens is 1. The van der Waals surface area contributed by atoms with Gasteiger partial charge in [-0.05, 0) is 30.8 Å². The van der Waals surface area contributed by atoms with Crippen molar-refractivity contribution in [2.75, 3.05) is 25.6 Å². The van der Waals surface area contributed by atoms with E-state index in [9.17, 15) is 0 Å². The van der Waals surface area contributed by atoms with Crippen LogP contribution in [0.25, 0.3) is 0 Å². The highest BCUT2D eigenvalue weighted by molar-refractivity contribution is 7.80. The molecule has 2 N–H and O–H groups in total. The van der Waals surface area contributed by atoms with Gasteiger partial charge in [0, 0.05) is 26.5 Å². The number of methoxy groups -OCH3 is 1. The fourth-order valence-electron chi connectivity index (χ4n) is 1.03. The molecule has 88 valence electrons. The van der Waals surface area contributed by atoms with Gasteiger partial charge < -0.3 is 15.4 Å². The number of ether oxygens (including phenoxy) is 1. The molecule has 0 aliphatic carbocycles. The minimum absolute atomic E-state index is 0.547. The molecular formula is C10H14ClN3OS. The Kier molecular flexibility index (Phi) is 6.07. The summed E-state index contributed by atoms with van der Waals surface area (Å²) in [5.41, 5.74) is 0. The van der Waals surface area contributed by atoms with E-state index in [1.54, 1.807) is 25.4 Å². The fraction of sp³-hybridized carbons (Fsp3) is 0.400. The molecule has 0 aliphatic rings. The molecule has 1 heterocycles. The molecule has 0 unspecified atom stereocenters. The minimum Gasteiger partial charge on any atom is -0.385 e. The number of thiocarbonyl (C=S) groups is 1. The second-order valence-corrected chi connectivity index (χ2v) is 3.93. The minimum atomic E-state index is 0.547. The smallest absolute Gasteiger partial charge is 0.171 e. The lowest BCUT2D eigenvalue weighted by Crippen LogP contribution is -2.30. The lowest BCUT2D eigenvalue weighted by atomic mass is 10.4. The lowest BCUT2D eigenvalue weighted by molar-refractivity contribution is 0.196. The van der Waals surface area contributed by atoms with Crippen LogP contribution >= 0.6 is 23.8 Å². The van der Waals surface area contributed by atoms with E-state index < -0.39 is 0 Å². The summed E-state index contributed by atoms with van der Waals surface area (Å²) in [6, 6.07) is 3.52. The number of halogens is 1. The number of hydrogen-bond acceptors (Lipinski definition) is 3. The first-order chi connectivity index (χ1) is 7.72. The zero-order valence-electron chi connectivity index (χ0n) is 9.00. The summed E-state index contributed by atoms with van der Waals surface area (Å²) >= 11 is 10.8. The Morgan fingerprint density at radius 1 is 1.56 bits per heavy atom. The quantitative estimate of drug-likeness (QED) is 0.626. The third-order valence-corrected chi connectivity index (χ3v) is 2.25. The van der Waals surface area contributed by atoms with E-state index in [0.29, 0.717) is 16.0 Å². The summed E-state index contributed by atoms with van der Waals surface area (Å²) in [6.07, 6.45) is 2.48. The van der Waals surface area contributed by atoms with Crippen molar-refractivity contribution in [1.29, 1.82) is 0 Å². The van der Waals surface area contributed by atoms with Gasteiger partial charge in [-0.15, -0.1) is 0 Å². The van der Waals surface area contributed by atoms with E-state index in [2.05, 4.69) is 15.6 Å². The molecule has 16 heavy (non-hydrogen) atoms. The van der Waals surface area contributed by atoms with Gasteiger partial charge >= 0.3 is 0 Å². The molecule has 4 nitrogen and oxygen atoms in total. The standard InChI is InChI=1S/C10H14ClN3OS/c1-15-6-2-5-12-10(16)14-9-4-3-8(11)7-13-9/h3-4,7H,2,5-6H2,1H3,(H2,12,13,14,16). The van der Waals surface area contributed by atoms with E-state index in [1.165, 1.54) is 0 Å². The van der Waals surface area contributed by atoms with E-state index in [4.69, 9.17) is 28.6 Å². The average molecular weight is 260 g/mol. The van der Waals surface area contributed by atoms with Gasteiger partial charge in [-0.25, -0.2) is 4.98 Å². The van der Waals surface area contributed by atoms with Crippen LogP contribution < -0.4 is 10.6 Å². The Morgan fingerprint density at radius 3 is 3.00 bits per heavy atom. The number of anilines is 1. The zero-order chi connectivity index (χ0) is 11.8. The SMILES string of the molecule is COCCCNC(=S)Nc1ccc(Cl)cn1. The Hall–Kier alpha value is -0.910. The van der Waals surface area contributed by atoms with Crippen molar-refractivity contribution < 1.29 is 4.74 Å². The maximum atomic E-state index is 5.71. The third-order valence-electron chi connectivity index (χ3n) is 1.78. The first-order valence-electron chi connectivity index (χ1n) is 4.87. The number of nitrogens with one attached hydrogen (secondary N) is 2. The summed E-state index contributed by atoms with van der Waals surface area (Å²) in [5.74, 6) is 0.675. The van der Waals surface area contributed by atoms with Gasteiger partial charge in [-0.1, -0.05) is 11.6 Å². The van der Waals surface area contributed by atoms with E-state index in [0.717, 1.165) is 19.6 Å². The molecule has 0 radical (unpaired) electrons. The number of hydrogen-bond donors (Lipinski definition) is 2. The van der Waals surface area contributed by atoms with Crippen molar-refractivity contribution in [3.05, 3.63) is 23.4 Å². The normalized spacial score (nSPS) is 9.88. The van der Waals surface area contributed by atoms with Crippen molar-refractivity contribution in [2.24, 2.45) is 0 Å². The summed E-state index contributed by atoms with van der Waals surface area (Å²) in [5, 5.41) is 7.15. The first kappa shape index (κ1) is 13.2. The maximum Gasteiger partial charge on any atom is 0.171 e. The fourth-order valence-corrected chi connectivity index (χ4v) is 1.35. The van der Waals surface area contributed by atoms with Crippen LogP contribution in [0.5, 0.6) is 0 Å². The van der Waals surface area contributed by atoms with Gasteiger partial charge in [-0.2, -0.15) is 0 Å². The van der Waals surface area contributed by atoms with Crippen molar-refractivity contribution >= 4 is 34.7 Å². The summed E-state index contributed by atoms with van der Waals surface area (Å²) in [6.45, 7) is 1.49. The van der Waals surface area contributed by atoms with Crippen molar-refractivity contribution in [3.63, 3.8) is 0 Å². The van der Waals surface area contributed by atoms with Crippen LogP contribution in [-0.4, -0.2) is 30.4 Å². The number of pyridine rings is 1. The molecule has 0 aliphatic heterocycles. The van der Waals surface area contributed by atoms with Crippen LogP contribution in [0.4, 0.5) is 5.82 Å². The molecule has 0 amide bonds. The van der Waals surface area contributed by atoms with Crippen LogP contribution in [0.3, 0.4) is 0 Å². The monoisotopic (exact) mass is 259 g/mol. The Labute approximate surface area is 105 Å². The molecule has 0 saturated carbocycles. The maximum absolute atomic E-state index is 5.71. The average Bonchev–Trinajstić information content (AvgIpc) is 2.28. The summed E-state index contributed by atoms with van der Waals surface area (Å²) in [4.78, 5) is 4.07. The molecular weight excluding hydrogens is 246 g/mol. The van der Waals surface area contributed by atoms with Gasteiger partial charge in [0.25, 0.3) is 0 Å². The molecule has 1 aromatic heterocycles. The second-order valence-electron chi connectivity index (χ2n) is 3.09. The third kappa shape index (κ3) is 5.25. The topological polar surface area (TPSA) is 46.2 Å². The Balaban J connectivity index is 2.26. The van der Waals surface area contributed by atoms with Crippen LogP contribution in [0.1, 0.15) is 6.42 Å². The van der Waals surface area contributed by atoms with Crippen molar-refractivity contribution in [2.45, 2.75) is 6.42 Å². The van der Waals surface area contributed by atoms with Gasteiger partial charge in [0.1, 0.15) is 5.82 Å². The zero-order valence-corrected chi connectivity index (χ0v) is 10.6. The van der Waals surface area contributed by atoms with Crippen molar-refractivity contribution in [1.82, 2.24) is 10.3 Å². The molecule has 6 heteroatoms. The van der Waals surface area contributed by atoms with Gasteiger partial charge in [0.05, 0.1) is 5.02 Å². The highest BCUT2D eigenvalue weighted by Crippen LogP contribution is 2.09. The molecule has 0 saturated heterocycles. The second kappa shape index (κ2) is 7.38.